The van der Waals surface area contributed by atoms with Gasteiger partial charge in [0.25, 0.3) is 0 Å². The Balaban J connectivity index is 2.26. The number of rotatable bonds is 5. The number of likely N-dealkylation sites (N-methyl/N-ethyl adjacent to an activating group) is 1. The van der Waals surface area contributed by atoms with E-state index in [0.29, 0.717) is 11.1 Å². The molecule has 0 atom stereocenters. The lowest BCUT2D eigenvalue weighted by molar-refractivity contribution is 0.100. The Morgan fingerprint density at radius 3 is 1.85 bits per heavy atom. The molecule has 0 aliphatic rings. The van der Waals surface area contributed by atoms with Crippen molar-refractivity contribution in [2.75, 3.05) is 7.05 Å². The van der Waals surface area contributed by atoms with Gasteiger partial charge in [0.2, 0.25) is 5.78 Å². The van der Waals surface area contributed by atoms with Crippen LogP contribution in [0.15, 0.2) is 72.4 Å². The minimum atomic E-state index is -0.197. The van der Waals surface area contributed by atoms with Gasteiger partial charge in [-0.05, 0) is 0 Å². The first-order valence-electron chi connectivity index (χ1n) is 6.31. The Labute approximate surface area is 117 Å². The highest BCUT2D eigenvalue weighted by Crippen LogP contribution is 2.08. The van der Waals surface area contributed by atoms with Crippen LogP contribution in [0.25, 0.3) is 0 Å². The highest BCUT2D eigenvalue weighted by Gasteiger charge is 2.12. The lowest BCUT2D eigenvalue weighted by atomic mass is 10.1. The minimum Gasteiger partial charge on any atom is -0.385 e. The van der Waals surface area contributed by atoms with Gasteiger partial charge in [0.15, 0.2) is 5.78 Å². The van der Waals surface area contributed by atoms with Crippen molar-refractivity contribution in [3.8, 4) is 0 Å². The number of Topliss-reactive ketones (excluding diaryl/α,β-unsaturated/α-hetero) is 1. The molecule has 1 N–H and O–H groups in total. The molecular weight excluding hydrogens is 250 g/mol. The van der Waals surface area contributed by atoms with Gasteiger partial charge in [0.1, 0.15) is 0 Å². The molecule has 0 amide bonds. The van der Waals surface area contributed by atoms with Gasteiger partial charge >= 0.3 is 0 Å². The van der Waals surface area contributed by atoms with Crippen molar-refractivity contribution in [3.05, 3.63) is 83.6 Å². The Hall–Kier alpha value is -2.68. The molecule has 0 spiro atoms. The largest absolute Gasteiger partial charge is 0.385 e. The Kier molecular flexibility index (Phi) is 4.45. The molecule has 2 aromatic carbocycles. The molecule has 0 radical (unpaired) electrons. The minimum absolute atomic E-state index is 0.195. The third-order valence-corrected chi connectivity index (χ3v) is 2.88. The normalized spacial score (nSPS) is 10.9. The van der Waals surface area contributed by atoms with Crippen LogP contribution in [-0.2, 0) is 0 Å². The topological polar surface area (TPSA) is 46.2 Å². The van der Waals surface area contributed by atoms with E-state index in [2.05, 4.69) is 5.32 Å². The summed E-state index contributed by atoms with van der Waals surface area (Å²) in [4.78, 5) is 24.3. The smallest absolute Gasteiger partial charge is 0.208 e. The van der Waals surface area contributed by atoms with Crippen molar-refractivity contribution in [1.29, 1.82) is 0 Å². The van der Waals surface area contributed by atoms with Gasteiger partial charge in [-0.25, -0.2) is 0 Å². The molecule has 0 fully saturated rings. The summed E-state index contributed by atoms with van der Waals surface area (Å²) >= 11 is 0. The third kappa shape index (κ3) is 3.20. The number of ketones is 2. The van der Waals surface area contributed by atoms with E-state index in [1.807, 2.05) is 12.1 Å². The number of carbonyl (C=O) groups excluding carboxylic acids is 2. The predicted molar refractivity (Wildman–Crippen MR) is 78.7 cm³/mol. The highest BCUT2D eigenvalue weighted by molar-refractivity contribution is 6.14. The molecule has 2 aromatic rings. The molecular formula is C17H15NO2. The molecule has 0 saturated heterocycles. The van der Waals surface area contributed by atoms with Crippen molar-refractivity contribution >= 4 is 11.6 Å². The molecule has 0 aliphatic carbocycles. The van der Waals surface area contributed by atoms with Crippen LogP contribution in [0.1, 0.15) is 20.7 Å². The summed E-state index contributed by atoms with van der Waals surface area (Å²) in [7, 11) is 1.63. The molecule has 3 nitrogen and oxygen atoms in total. The number of benzene rings is 2. The molecule has 0 aromatic heterocycles. The van der Waals surface area contributed by atoms with Gasteiger partial charge < -0.3 is 5.32 Å². The number of hydrogen-bond donors (Lipinski definition) is 1. The predicted octanol–water partition coefficient (Wildman–Crippen LogP) is 2.86. The zero-order valence-corrected chi connectivity index (χ0v) is 11.2. The quantitative estimate of drug-likeness (QED) is 0.668. The zero-order chi connectivity index (χ0) is 14.4. The van der Waals surface area contributed by atoms with Crippen LogP contribution in [0, 0.1) is 0 Å². The van der Waals surface area contributed by atoms with Crippen LogP contribution in [-0.4, -0.2) is 18.6 Å². The van der Waals surface area contributed by atoms with Gasteiger partial charge in [-0.1, -0.05) is 60.7 Å². The first-order chi connectivity index (χ1) is 9.72. The maximum Gasteiger partial charge on any atom is 0.208 e. The summed E-state index contributed by atoms with van der Waals surface area (Å²) in [6, 6.07) is 17.7. The van der Waals surface area contributed by atoms with Crippen LogP contribution in [0.2, 0.25) is 0 Å². The summed E-state index contributed by atoms with van der Waals surface area (Å²) < 4.78 is 0. The van der Waals surface area contributed by atoms with E-state index >= 15 is 0 Å². The third-order valence-electron chi connectivity index (χ3n) is 2.88. The SMILES string of the molecule is CN/C(=C\C(=O)c1ccccc1)C(=O)c1ccccc1. The Bertz CT molecular complexity index is 631. The van der Waals surface area contributed by atoms with E-state index in [9.17, 15) is 9.59 Å². The van der Waals surface area contributed by atoms with Crippen molar-refractivity contribution in [2.45, 2.75) is 0 Å². The summed E-state index contributed by atoms with van der Waals surface area (Å²) in [5.74, 6) is -0.392. The van der Waals surface area contributed by atoms with E-state index in [1.165, 1.54) is 6.08 Å². The van der Waals surface area contributed by atoms with Crippen molar-refractivity contribution in [2.24, 2.45) is 0 Å². The van der Waals surface area contributed by atoms with Crippen molar-refractivity contribution in [1.82, 2.24) is 5.32 Å². The van der Waals surface area contributed by atoms with E-state index < -0.39 is 0 Å². The number of carbonyl (C=O) groups is 2. The maximum absolute atomic E-state index is 12.3. The van der Waals surface area contributed by atoms with Crippen LogP contribution in [0.5, 0.6) is 0 Å². The number of allylic oxidation sites excluding steroid dienone is 2. The molecule has 0 bridgehead atoms. The fraction of sp³-hybridized carbons (Fsp3) is 0.0588. The second-order valence-electron chi connectivity index (χ2n) is 4.23. The van der Waals surface area contributed by atoms with Crippen molar-refractivity contribution in [3.63, 3.8) is 0 Å². The lowest BCUT2D eigenvalue weighted by Gasteiger charge is -2.05. The van der Waals surface area contributed by atoms with Gasteiger partial charge in [0, 0.05) is 24.3 Å². The molecule has 3 heteroatoms. The van der Waals surface area contributed by atoms with Crippen LogP contribution >= 0.6 is 0 Å². The van der Waals surface area contributed by atoms with Gasteiger partial charge in [0.05, 0.1) is 5.70 Å². The average Bonchev–Trinajstić information content (AvgIpc) is 2.53. The first kappa shape index (κ1) is 13.7. The van der Waals surface area contributed by atoms with Gasteiger partial charge in [-0.15, -0.1) is 0 Å². The second kappa shape index (κ2) is 6.48. The van der Waals surface area contributed by atoms with E-state index in [4.69, 9.17) is 0 Å². The molecule has 0 aliphatic heterocycles. The number of hydrogen-bond acceptors (Lipinski definition) is 3. The van der Waals surface area contributed by atoms with Crippen molar-refractivity contribution < 1.29 is 9.59 Å². The lowest BCUT2D eigenvalue weighted by Crippen LogP contribution is -2.18. The van der Waals surface area contributed by atoms with Gasteiger partial charge in [-0.3, -0.25) is 9.59 Å². The Morgan fingerprint density at radius 1 is 0.850 bits per heavy atom. The first-order valence-corrected chi connectivity index (χ1v) is 6.31. The molecule has 2 rings (SSSR count). The maximum atomic E-state index is 12.3. The molecule has 0 heterocycles. The Morgan fingerprint density at radius 2 is 1.35 bits per heavy atom. The van der Waals surface area contributed by atoms with E-state index in [0.717, 1.165) is 0 Å². The fourth-order valence-corrected chi connectivity index (χ4v) is 1.81. The molecule has 100 valence electrons. The van der Waals surface area contributed by atoms with Crippen LogP contribution in [0.3, 0.4) is 0 Å². The van der Waals surface area contributed by atoms with Crippen LogP contribution < -0.4 is 5.32 Å². The fourth-order valence-electron chi connectivity index (χ4n) is 1.81. The van der Waals surface area contributed by atoms with Crippen LogP contribution in [0.4, 0.5) is 0 Å². The monoisotopic (exact) mass is 265 g/mol. The molecule has 0 saturated carbocycles. The second-order valence-corrected chi connectivity index (χ2v) is 4.23. The summed E-state index contributed by atoms with van der Waals surface area (Å²) in [5.41, 5.74) is 1.39. The molecule has 20 heavy (non-hydrogen) atoms. The standard InChI is InChI=1S/C17H15NO2/c1-18-15(17(20)14-10-6-3-7-11-14)12-16(19)13-8-4-2-5-9-13/h2-12,18H,1H3/b15-12-. The summed E-state index contributed by atoms with van der Waals surface area (Å²) in [6.45, 7) is 0. The molecule has 0 unspecified atom stereocenters. The van der Waals surface area contributed by atoms with Gasteiger partial charge in [-0.2, -0.15) is 0 Å². The summed E-state index contributed by atoms with van der Waals surface area (Å²) in [6.07, 6.45) is 1.34. The average molecular weight is 265 g/mol. The number of nitrogens with one attached hydrogen (secondary N) is 1. The summed E-state index contributed by atoms with van der Waals surface area (Å²) in [5, 5.41) is 2.79. The van der Waals surface area contributed by atoms with E-state index in [-0.39, 0.29) is 17.3 Å². The zero-order valence-electron chi connectivity index (χ0n) is 11.2. The van der Waals surface area contributed by atoms with E-state index in [1.54, 1.807) is 55.6 Å². The highest BCUT2D eigenvalue weighted by atomic mass is 16.1.